The molecule has 6 heavy (non-hydrogen) atoms. The molecule has 0 aliphatic heterocycles. The first-order chi connectivity index (χ1) is 1.73. The molecular weight excluding hydrogens is 161 g/mol. The summed E-state index contributed by atoms with van der Waals surface area (Å²) in [5.74, 6) is -1.08. The Kier molecular flexibility index (Phi) is 25.8. The first-order valence-corrected chi connectivity index (χ1v) is 0.781. The fourth-order valence-electron chi connectivity index (χ4n) is 0. The minimum absolute atomic E-state index is 0. The molecule has 0 amide bonds. The fraction of sp³-hybridized carbons (Fsp3) is 0. The maximum Gasteiger partial charge on any atom is 0 e. The van der Waals surface area contributed by atoms with E-state index in [0.717, 1.165) is 0 Å². The van der Waals surface area contributed by atoms with Crippen LogP contribution in [0.25, 0.3) is 0 Å². The van der Waals surface area contributed by atoms with Crippen LogP contribution in [0.1, 0.15) is 0 Å². The summed E-state index contributed by atoms with van der Waals surface area (Å²) in [6, 6.07) is 0. The second kappa shape index (κ2) is 9.88. The van der Waals surface area contributed by atoms with Crippen molar-refractivity contribution in [1.82, 2.24) is 0 Å². The van der Waals surface area contributed by atoms with Gasteiger partial charge in [0.05, 0.1) is 6.92 Å². The number of hydrogen-bond donors (Lipinski definition) is 1. The van der Waals surface area contributed by atoms with Gasteiger partial charge in [0, 0.05) is 19.5 Å². The van der Waals surface area contributed by atoms with Crippen molar-refractivity contribution in [1.29, 1.82) is 0 Å². The van der Waals surface area contributed by atoms with Gasteiger partial charge in [-0.05, 0) is 0 Å². The monoisotopic (exact) mass is 163 g/mol. The Balaban J connectivity index is -0.0000000450. The molecule has 2 nitrogen and oxygen atoms in total. The van der Waals surface area contributed by atoms with E-state index in [4.69, 9.17) is 9.90 Å². The molecule has 1 radical (unpaired) electrons. The van der Waals surface area contributed by atoms with E-state index in [1.807, 2.05) is 0 Å². The summed E-state index contributed by atoms with van der Waals surface area (Å²) in [6.45, 7) is 2.56. The van der Waals surface area contributed by atoms with Crippen molar-refractivity contribution in [2.24, 2.45) is 0 Å². The topological polar surface area (TPSA) is 37.3 Å². The predicted molar refractivity (Wildman–Crippen MR) is 20.1 cm³/mol. The van der Waals surface area contributed by atoms with Crippen LogP contribution in [-0.4, -0.2) is 62.5 Å². The summed E-state index contributed by atoms with van der Waals surface area (Å²) in [7, 11) is 0. The van der Waals surface area contributed by atoms with Gasteiger partial charge in [0.2, 0.25) is 0 Å². The van der Waals surface area contributed by atoms with E-state index in [0.29, 0.717) is 0 Å². The molecule has 1 N–H and O–H groups in total. The molecule has 0 fully saturated rings. The van der Waals surface area contributed by atoms with Gasteiger partial charge in [-0.2, -0.15) is 0 Å². The van der Waals surface area contributed by atoms with Crippen molar-refractivity contribution in [3.05, 3.63) is 6.92 Å². The fourth-order valence-corrected chi connectivity index (χ4v) is 0. The molecule has 0 aromatic carbocycles. The SMILES string of the molecule is [CH2]C(=O)O.[KH].[Zn]. The third-order valence-electron chi connectivity index (χ3n) is 0. The van der Waals surface area contributed by atoms with E-state index in [9.17, 15) is 0 Å². The van der Waals surface area contributed by atoms with Crippen LogP contribution in [0.4, 0.5) is 0 Å². The van der Waals surface area contributed by atoms with Gasteiger partial charge in [-0.1, -0.05) is 0 Å². The first kappa shape index (κ1) is 15.6. The molecule has 0 saturated heterocycles. The van der Waals surface area contributed by atoms with Crippen LogP contribution in [0, 0.1) is 6.92 Å². The van der Waals surface area contributed by atoms with E-state index in [1.54, 1.807) is 0 Å². The smallest absolute Gasteiger partial charge is 0 e. The van der Waals surface area contributed by atoms with Crippen molar-refractivity contribution < 1.29 is 29.4 Å². The second-order valence-electron chi connectivity index (χ2n) is 0.394. The van der Waals surface area contributed by atoms with Crippen LogP contribution in [0.5, 0.6) is 0 Å². The number of carboxylic acids is 1. The molecular formula is C2H4KO2Zn. The quantitative estimate of drug-likeness (QED) is 0.479. The van der Waals surface area contributed by atoms with Crippen LogP contribution in [0.15, 0.2) is 0 Å². The average molecular weight is 165 g/mol. The van der Waals surface area contributed by atoms with Gasteiger partial charge in [0.1, 0.15) is 0 Å². The second-order valence-corrected chi connectivity index (χ2v) is 0.394. The summed E-state index contributed by atoms with van der Waals surface area (Å²) in [5, 5.41) is 7.31. The number of hydrogen-bond acceptors (Lipinski definition) is 1. The average Bonchev–Trinajstić information content (AvgIpc) is 0.811. The van der Waals surface area contributed by atoms with Crippen LogP contribution >= 0.6 is 0 Å². The van der Waals surface area contributed by atoms with Gasteiger partial charge < -0.3 is 5.11 Å². The van der Waals surface area contributed by atoms with Crippen LogP contribution in [-0.2, 0) is 24.3 Å². The van der Waals surface area contributed by atoms with E-state index < -0.39 is 5.97 Å². The van der Waals surface area contributed by atoms with Gasteiger partial charge in [-0.3, -0.25) is 4.79 Å². The Morgan fingerprint density at radius 2 is 1.67 bits per heavy atom. The van der Waals surface area contributed by atoms with E-state index in [1.165, 1.54) is 0 Å². The molecule has 0 saturated carbocycles. The van der Waals surface area contributed by atoms with E-state index >= 15 is 0 Å². The molecule has 0 unspecified atom stereocenters. The molecule has 0 aromatic rings. The summed E-state index contributed by atoms with van der Waals surface area (Å²) >= 11 is 0. The normalized spacial score (nSPS) is 4.17. The summed E-state index contributed by atoms with van der Waals surface area (Å²) < 4.78 is 0. The molecule has 0 rings (SSSR count). The van der Waals surface area contributed by atoms with Crippen molar-refractivity contribution >= 4 is 57.4 Å². The minimum Gasteiger partial charge on any atom is 0 e. The Bertz CT molecular complexity index is 34.5. The van der Waals surface area contributed by atoms with Gasteiger partial charge >= 0.3 is 57.4 Å². The zero-order valence-electron chi connectivity index (χ0n) is 2.77. The maximum atomic E-state index is 8.89. The van der Waals surface area contributed by atoms with Crippen molar-refractivity contribution in [2.75, 3.05) is 0 Å². The molecule has 4 heteroatoms. The maximum absolute atomic E-state index is 8.89. The molecule has 0 heterocycles. The van der Waals surface area contributed by atoms with Gasteiger partial charge in [-0.15, -0.1) is 0 Å². The van der Waals surface area contributed by atoms with Crippen molar-refractivity contribution in [2.45, 2.75) is 0 Å². The van der Waals surface area contributed by atoms with E-state index in [-0.39, 0.29) is 70.9 Å². The van der Waals surface area contributed by atoms with Crippen LogP contribution < -0.4 is 0 Å². The molecule has 0 aliphatic rings. The molecule has 0 aliphatic carbocycles. The number of carbonyl (C=O) groups is 1. The Labute approximate surface area is 91.9 Å². The first-order valence-electron chi connectivity index (χ1n) is 0.781. The summed E-state index contributed by atoms with van der Waals surface area (Å²) in [5.41, 5.74) is 0. The molecule has 0 spiro atoms. The largest absolute Gasteiger partial charge is 0 e. The molecule has 0 bridgehead atoms. The zero-order chi connectivity index (χ0) is 3.58. The Morgan fingerprint density at radius 1 is 1.67 bits per heavy atom. The van der Waals surface area contributed by atoms with Crippen molar-refractivity contribution in [3.63, 3.8) is 0 Å². The van der Waals surface area contributed by atoms with Crippen molar-refractivity contribution in [3.8, 4) is 0 Å². The van der Waals surface area contributed by atoms with Gasteiger partial charge in [0.25, 0.3) is 0 Å². The Hall–Kier alpha value is 1.73. The summed E-state index contributed by atoms with van der Waals surface area (Å²) in [4.78, 5) is 8.89. The third-order valence-corrected chi connectivity index (χ3v) is 0. The minimum atomic E-state index is -1.08. The van der Waals surface area contributed by atoms with Crippen LogP contribution in [0.3, 0.4) is 0 Å². The zero-order valence-corrected chi connectivity index (χ0v) is 5.74. The number of carboxylic acid groups (broad SMARTS) is 1. The number of rotatable bonds is 0. The van der Waals surface area contributed by atoms with Gasteiger partial charge in [0.15, 0.2) is 0 Å². The molecule has 27 valence electrons. The molecule has 0 atom stereocenters. The predicted octanol–water partition coefficient (Wildman–Crippen LogP) is -0.746. The van der Waals surface area contributed by atoms with Crippen LogP contribution in [0.2, 0.25) is 0 Å². The third kappa shape index (κ3) is 42.8. The number of aliphatic carboxylic acids is 1. The Morgan fingerprint density at radius 3 is 1.67 bits per heavy atom. The standard InChI is InChI=1S/C2H3O2.K.Zn.H/c1-2(3)4;;;/h1H2,(H,3,4);;;. The summed E-state index contributed by atoms with van der Waals surface area (Å²) in [6.07, 6.45) is 0. The molecule has 0 aromatic heterocycles. The van der Waals surface area contributed by atoms with E-state index in [2.05, 4.69) is 6.92 Å². The van der Waals surface area contributed by atoms with Gasteiger partial charge in [-0.25, -0.2) is 0 Å².